The first-order chi connectivity index (χ1) is 12.6. The molecule has 0 radical (unpaired) electrons. The molecule has 26 heavy (non-hydrogen) atoms. The number of aryl methyl sites for hydroxylation is 2. The minimum absolute atomic E-state index is 0.117. The van der Waals surface area contributed by atoms with Crippen molar-refractivity contribution in [3.8, 4) is 0 Å². The highest BCUT2D eigenvalue weighted by Gasteiger charge is 2.13. The van der Waals surface area contributed by atoms with Gasteiger partial charge in [0, 0.05) is 17.5 Å². The number of thiazole rings is 1. The van der Waals surface area contributed by atoms with E-state index in [1.807, 2.05) is 61.5 Å². The molecule has 0 bridgehead atoms. The van der Waals surface area contributed by atoms with E-state index < -0.39 is 0 Å². The fourth-order valence-electron chi connectivity index (χ4n) is 2.44. The van der Waals surface area contributed by atoms with E-state index in [2.05, 4.69) is 15.6 Å². The summed E-state index contributed by atoms with van der Waals surface area (Å²) in [4.78, 5) is 28.5. The van der Waals surface area contributed by atoms with Gasteiger partial charge in [-0.3, -0.25) is 9.59 Å². The fraction of sp³-hybridized carbons (Fsp3) is 0.150. The van der Waals surface area contributed by atoms with Crippen molar-refractivity contribution in [3.05, 3.63) is 76.8 Å². The van der Waals surface area contributed by atoms with Gasteiger partial charge >= 0.3 is 0 Å². The second-order valence-electron chi connectivity index (χ2n) is 5.90. The highest BCUT2D eigenvalue weighted by Crippen LogP contribution is 2.18. The van der Waals surface area contributed by atoms with Gasteiger partial charge in [0.25, 0.3) is 5.91 Å². The lowest BCUT2D eigenvalue weighted by Gasteiger charge is -2.04. The second-order valence-corrected chi connectivity index (χ2v) is 6.75. The van der Waals surface area contributed by atoms with E-state index in [0.717, 1.165) is 16.8 Å². The molecule has 1 aromatic heterocycles. The van der Waals surface area contributed by atoms with E-state index in [0.29, 0.717) is 18.0 Å². The summed E-state index contributed by atoms with van der Waals surface area (Å²) in [5.41, 5.74) is 3.18. The van der Waals surface area contributed by atoms with Gasteiger partial charge in [-0.2, -0.15) is 0 Å². The van der Waals surface area contributed by atoms with Crippen molar-refractivity contribution in [2.45, 2.75) is 19.8 Å². The van der Waals surface area contributed by atoms with Crippen LogP contribution in [0.5, 0.6) is 0 Å². The molecule has 0 aliphatic rings. The SMILES string of the molecule is Cc1cccc(NC(=O)c2csc(NC(=O)CCc3ccccc3)n2)c1. The maximum absolute atomic E-state index is 12.3. The molecule has 0 unspecified atom stereocenters. The average molecular weight is 365 g/mol. The standard InChI is InChI=1S/C20H19N3O2S/c1-14-6-5-9-16(12-14)21-19(25)17-13-26-20(22-17)23-18(24)11-10-15-7-3-2-4-8-15/h2-9,12-13H,10-11H2,1H3,(H,21,25)(H,22,23,24). The average Bonchev–Trinajstić information content (AvgIpc) is 3.09. The summed E-state index contributed by atoms with van der Waals surface area (Å²) in [5.74, 6) is -0.412. The van der Waals surface area contributed by atoms with Crippen LogP contribution >= 0.6 is 11.3 Å². The van der Waals surface area contributed by atoms with E-state index in [4.69, 9.17) is 0 Å². The number of rotatable bonds is 6. The minimum atomic E-state index is -0.295. The van der Waals surface area contributed by atoms with E-state index in [1.165, 1.54) is 11.3 Å². The minimum Gasteiger partial charge on any atom is -0.321 e. The number of amides is 2. The summed E-state index contributed by atoms with van der Waals surface area (Å²) in [6.45, 7) is 1.96. The molecule has 5 nitrogen and oxygen atoms in total. The van der Waals surface area contributed by atoms with Crippen LogP contribution in [0.1, 0.15) is 28.0 Å². The summed E-state index contributed by atoms with van der Waals surface area (Å²) < 4.78 is 0. The third kappa shape index (κ3) is 5.00. The van der Waals surface area contributed by atoms with Gasteiger partial charge in [-0.25, -0.2) is 4.98 Å². The molecule has 0 aliphatic carbocycles. The van der Waals surface area contributed by atoms with Crippen LogP contribution in [0.25, 0.3) is 0 Å². The Bertz CT molecular complexity index is 906. The molecule has 0 aliphatic heterocycles. The summed E-state index contributed by atoms with van der Waals surface area (Å²) in [6.07, 6.45) is 1.03. The highest BCUT2D eigenvalue weighted by molar-refractivity contribution is 7.14. The molecular weight excluding hydrogens is 346 g/mol. The lowest BCUT2D eigenvalue weighted by molar-refractivity contribution is -0.116. The van der Waals surface area contributed by atoms with E-state index >= 15 is 0 Å². The number of hydrogen-bond acceptors (Lipinski definition) is 4. The maximum atomic E-state index is 12.3. The van der Waals surface area contributed by atoms with Crippen molar-refractivity contribution >= 4 is 34.0 Å². The molecular formula is C20H19N3O2S. The van der Waals surface area contributed by atoms with Crippen molar-refractivity contribution < 1.29 is 9.59 Å². The monoisotopic (exact) mass is 365 g/mol. The van der Waals surface area contributed by atoms with Gasteiger partial charge in [-0.1, -0.05) is 42.5 Å². The number of carbonyl (C=O) groups excluding carboxylic acids is 2. The van der Waals surface area contributed by atoms with Crippen LogP contribution in [-0.4, -0.2) is 16.8 Å². The van der Waals surface area contributed by atoms with Gasteiger partial charge in [0.2, 0.25) is 5.91 Å². The number of hydrogen-bond donors (Lipinski definition) is 2. The van der Waals surface area contributed by atoms with Crippen molar-refractivity contribution in [3.63, 3.8) is 0 Å². The van der Waals surface area contributed by atoms with Crippen LogP contribution in [0.4, 0.5) is 10.8 Å². The van der Waals surface area contributed by atoms with Gasteiger partial charge in [-0.15, -0.1) is 11.3 Å². The Hall–Kier alpha value is -2.99. The van der Waals surface area contributed by atoms with Crippen molar-refractivity contribution in [2.75, 3.05) is 10.6 Å². The molecule has 0 saturated carbocycles. The van der Waals surface area contributed by atoms with Gasteiger partial charge in [-0.05, 0) is 36.6 Å². The van der Waals surface area contributed by atoms with Crippen LogP contribution in [0.3, 0.4) is 0 Å². The van der Waals surface area contributed by atoms with E-state index in [1.54, 1.807) is 5.38 Å². The molecule has 3 rings (SSSR count). The van der Waals surface area contributed by atoms with Crippen molar-refractivity contribution in [1.29, 1.82) is 0 Å². The van der Waals surface area contributed by atoms with E-state index in [-0.39, 0.29) is 17.5 Å². The number of nitrogens with one attached hydrogen (secondary N) is 2. The maximum Gasteiger partial charge on any atom is 0.275 e. The number of anilines is 2. The third-order valence-electron chi connectivity index (χ3n) is 3.74. The predicted molar refractivity (Wildman–Crippen MR) is 105 cm³/mol. The Morgan fingerprint density at radius 3 is 2.62 bits per heavy atom. The number of benzene rings is 2. The molecule has 1 heterocycles. The molecule has 6 heteroatoms. The van der Waals surface area contributed by atoms with Gasteiger partial charge in [0.15, 0.2) is 5.13 Å². The lowest BCUT2D eigenvalue weighted by atomic mass is 10.1. The van der Waals surface area contributed by atoms with E-state index in [9.17, 15) is 9.59 Å². The molecule has 132 valence electrons. The van der Waals surface area contributed by atoms with Gasteiger partial charge in [0.1, 0.15) is 5.69 Å². The number of carbonyl (C=O) groups is 2. The van der Waals surface area contributed by atoms with Gasteiger partial charge in [0.05, 0.1) is 0 Å². The molecule has 0 fully saturated rings. The summed E-state index contributed by atoms with van der Waals surface area (Å²) >= 11 is 1.24. The Labute approximate surface area is 156 Å². The van der Waals surface area contributed by atoms with Crippen molar-refractivity contribution in [2.24, 2.45) is 0 Å². The topological polar surface area (TPSA) is 71.1 Å². The quantitative estimate of drug-likeness (QED) is 0.685. The van der Waals surface area contributed by atoms with Crippen LogP contribution in [-0.2, 0) is 11.2 Å². The zero-order valence-corrected chi connectivity index (χ0v) is 15.2. The van der Waals surface area contributed by atoms with Crippen molar-refractivity contribution in [1.82, 2.24) is 4.98 Å². The fourth-order valence-corrected chi connectivity index (χ4v) is 3.14. The number of aromatic nitrogens is 1. The lowest BCUT2D eigenvalue weighted by Crippen LogP contribution is -2.14. The zero-order valence-electron chi connectivity index (χ0n) is 14.4. The normalized spacial score (nSPS) is 10.3. The highest BCUT2D eigenvalue weighted by atomic mass is 32.1. The van der Waals surface area contributed by atoms with Crippen LogP contribution in [0.15, 0.2) is 60.0 Å². The summed E-state index contributed by atoms with van der Waals surface area (Å²) in [6, 6.07) is 17.4. The van der Waals surface area contributed by atoms with Crippen LogP contribution in [0, 0.1) is 6.92 Å². The molecule has 2 N–H and O–H groups in total. The molecule has 2 aromatic carbocycles. The molecule has 3 aromatic rings. The summed E-state index contributed by atoms with van der Waals surface area (Å²) in [7, 11) is 0. The Balaban J connectivity index is 1.53. The first-order valence-corrected chi connectivity index (χ1v) is 9.15. The van der Waals surface area contributed by atoms with Crippen LogP contribution < -0.4 is 10.6 Å². The second kappa shape index (κ2) is 8.40. The molecule has 0 atom stereocenters. The molecule has 0 spiro atoms. The smallest absolute Gasteiger partial charge is 0.275 e. The Morgan fingerprint density at radius 1 is 1.04 bits per heavy atom. The Morgan fingerprint density at radius 2 is 1.85 bits per heavy atom. The molecule has 0 saturated heterocycles. The van der Waals surface area contributed by atoms with Gasteiger partial charge < -0.3 is 10.6 Å². The zero-order chi connectivity index (χ0) is 18.4. The molecule has 2 amide bonds. The Kier molecular flexibility index (Phi) is 5.76. The first kappa shape index (κ1) is 17.8. The first-order valence-electron chi connectivity index (χ1n) is 8.27. The predicted octanol–water partition coefficient (Wildman–Crippen LogP) is 4.28. The number of nitrogens with zero attached hydrogens (tertiary/aromatic N) is 1. The van der Waals surface area contributed by atoms with Crippen LogP contribution in [0.2, 0.25) is 0 Å². The summed E-state index contributed by atoms with van der Waals surface area (Å²) in [5, 5.41) is 7.62. The largest absolute Gasteiger partial charge is 0.321 e. The third-order valence-corrected chi connectivity index (χ3v) is 4.50.